The quantitative estimate of drug-likeness (QED) is 0.329. The van der Waals surface area contributed by atoms with Gasteiger partial charge in [0.2, 0.25) is 30.1 Å². The highest BCUT2D eigenvalue weighted by atomic mass is 32.2. The second-order valence-corrected chi connectivity index (χ2v) is 16.6. The zero-order valence-corrected chi connectivity index (χ0v) is 24.6. The Morgan fingerprint density at radius 3 is 1.53 bits per heavy atom. The van der Waals surface area contributed by atoms with Crippen LogP contribution in [0.4, 0.5) is 0 Å². The first kappa shape index (κ1) is 29.9. The predicted octanol–water partition coefficient (Wildman–Crippen LogP) is 1.36. The molecule has 0 saturated carbocycles. The molecule has 208 valence electrons. The normalized spacial score (nSPS) is 13.5. The van der Waals surface area contributed by atoms with Gasteiger partial charge in [-0.25, -0.2) is 38.2 Å². The second-order valence-electron chi connectivity index (χ2n) is 8.62. The van der Waals surface area contributed by atoms with E-state index in [4.69, 9.17) is 4.18 Å². The topological polar surface area (TPSA) is 156 Å². The van der Waals surface area contributed by atoms with Gasteiger partial charge < -0.3 is 4.18 Å². The van der Waals surface area contributed by atoms with Gasteiger partial charge in [-0.3, -0.25) is 0 Å². The summed E-state index contributed by atoms with van der Waals surface area (Å²) >= 11 is 0. The molecule has 0 spiro atoms. The lowest BCUT2D eigenvalue weighted by Crippen LogP contribution is -2.26. The van der Waals surface area contributed by atoms with Crippen molar-refractivity contribution in [1.82, 2.24) is 12.9 Å². The van der Waals surface area contributed by atoms with Gasteiger partial charge in [0.15, 0.2) is 5.75 Å². The molecule has 0 N–H and O–H groups in total. The van der Waals surface area contributed by atoms with E-state index in [0.717, 1.165) is 37.2 Å². The number of hydrogen-bond acceptors (Lipinski definition) is 9. The van der Waals surface area contributed by atoms with Gasteiger partial charge in [-0.05, 0) is 30.3 Å². The molecule has 0 heterocycles. The SMILES string of the molecule is CN(C)S(=O)(=O)c1ccc2c(S(=O)(=O)N(C)C)cc(S(=O)(=O)N(C)C)c(OS(=O)(=O)c3ccccc3)c2c1. The Balaban J connectivity index is 2.60. The number of fused-ring (bicyclic) bond motifs is 1. The number of hydrogen-bond donors (Lipinski definition) is 0. The molecule has 12 nitrogen and oxygen atoms in total. The maximum absolute atomic E-state index is 13.4. The number of nitrogens with zero attached hydrogens (tertiary/aromatic N) is 3. The Kier molecular flexibility index (Phi) is 8.02. The minimum Gasteiger partial charge on any atom is -0.377 e. The van der Waals surface area contributed by atoms with E-state index in [2.05, 4.69) is 0 Å². The Labute approximate surface area is 223 Å². The average Bonchev–Trinajstić information content (AvgIpc) is 2.83. The van der Waals surface area contributed by atoms with Crippen LogP contribution < -0.4 is 4.18 Å². The molecule has 0 aliphatic heterocycles. The summed E-state index contributed by atoms with van der Waals surface area (Å²) in [5.41, 5.74) is 0. The fourth-order valence-electron chi connectivity index (χ4n) is 3.32. The summed E-state index contributed by atoms with van der Waals surface area (Å²) in [6.45, 7) is 0. The van der Waals surface area contributed by atoms with Gasteiger partial charge in [-0.15, -0.1) is 0 Å². The van der Waals surface area contributed by atoms with Gasteiger partial charge in [0.25, 0.3) is 0 Å². The molecule has 0 aliphatic carbocycles. The number of sulfonamides is 3. The van der Waals surface area contributed by atoms with Gasteiger partial charge in [-0.2, -0.15) is 8.42 Å². The van der Waals surface area contributed by atoms with Crippen LogP contribution in [-0.4, -0.2) is 88.9 Å². The summed E-state index contributed by atoms with van der Waals surface area (Å²) in [7, 11) is -10.2. The fraction of sp³-hybridized carbons (Fsp3) is 0.273. The first-order valence-electron chi connectivity index (χ1n) is 10.7. The van der Waals surface area contributed by atoms with E-state index in [0.29, 0.717) is 0 Å². The minimum atomic E-state index is -4.65. The maximum Gasteiger partial charge on any atom is 0.339 e. The largest absolute Gasteiger partial charge is 0.377 e. The van der Waals surface area contributed by atoms with Crippen molar-refractivity contribution >= 4 is 51.0 Å². The van der Waals surface area contributed by atoms with Crippen LogP contribution in [-0.2, 0) is 40.2 Å². The molecule has 0 fully saturated rings. The van der Waals surface area contributed by atoms with E-state index in [-0.39, 0.29) is 20.6 Å². The van der Waals surface area contributed by atoms with Crippen LogP contribution in [0.25, 0.3) is 10.8 Å². The van der Waals surface area contributed by atoms with Gasteiger partial charge in [0.05, 0.1) is 9.79 Å². The van der Waals surface area contributed by atoms with Crippen molar-refractivity contribution in [2.24, 2.45) is 0 Å². The minimum absolute atomic E-state index is 0.146. The van der Waals surface area contributed by atoms with Crippen molar-refractivity contribution in [3.63, 3.8) is 0 Å². The van der Waals surface area contributed by atoms with Gasteiger partial charge in [-0.1, -0.05) is 24.3 Å². The summed E-state index contributed by atoms with van der Waals surface area (Å²) in [6.07, 6.45) is 0. The molecule has 0 amide bonds. The summed E-state index contributed by atoms with van der Waals surface area (Å²) in [5.74, 6) is -0.744. The number of rotatable bonds is 9. The van der Waals surface area contributed by atoms with Crippen molar-refractivity contribution in [1.29, 1.82) is 0 Å². The zero-order chi connectivity index (χ0) is 28.8. The zero-order valence-electron chi connectivity index (χ0n) is 21.3. The van der Waals surface area contributed by atoms with Crippen molar-refractivity contribution in [2.45, 2.75) is 19.6 Å². The van der Waals surface area contributed by atoms with E-state index in [9.17, 15) is 33.7 Å². The molecule has 0 unspecified atom stereocenters. The van der Waals surface area contributed by atoms with Crippen LogP contribution >= 0.6 is 0 Å². The van der Waals surface area contributed by atoms with E-state index in [1.807, 2.05) is 0 Å². The van der Waals surface area contributed by atoms with Crippen LogP contribution in [0.5, 0.6) is 5.75 Å². The lowest BCUT2D eigenvalue weighted by Gasteiger charge is -2.21. The van der Waals surface area contributed by atoms with E-state index >= 15 is 0 Å². The monoisotopic (exact) mass is 605 g/mol. The lowest BCUT2D eigenvalue weighted by molar-refractivity contribution is 0.476. The van der Waals surface area contributed by atoms with Gasteiger partial charge >= 0.3 is 10.1 Å². The number of benzene rings is 3. The maximum atomic E-state index is 13.4. The van der Waals surface area contributed by atoms with Crippen molar-refractivity contribution in [3.8, 4) is 5.75 Å². The highest BCUT2D eigenvalue weighted by Gasteiger charge is 2.34. The summed E-state index contributed by atoms with van der Waals surface area (Å²) in [6, 6.07) is 11.0. The second kappa shape index (κ2) is 10.2. The molecule has 0 aliphatic rings. The Morgan fingerprint density at radius 1 is 0.526 bits per heavy atom. The van der Waals surface area contributed by atoms with Crippen molar-refractivity contribution in [2.75, 3.05) is 42.3 Å². The molecule has 0 atom stereocenters. The molecule has 0 saturated heterocycles. The fourth-order valence-corrected chi connectivity index (χ4v) is 7.53. The highest BCUT2D eigenvalue weighted by Crippen LogP contribution is 2.41. The summed E-state index contributed by atoms with van der Waals surface area (Å²) in [5, 5.41) is -0.497. The van der Waals surface area contributed by atoms with Gasteiger partial charge in [0, 0.05) is 53.1 Å². The Morgan fingerprint density at radius 2 is 1.03 bits per heavy atom. The van der Waals surface area contributed by atoms with E-state index in [1.165, 1.54) is 66.6 Å². The van der Waals surface area contributed by atoms with Crippen LogP contribution in [0.15, 0.2) is 74.2 Å². The molecule has 3 aromatic rings. The molecule has 0 radical (unpaired) electrons. The van der Waals surface area contributed by atoms with Gasteiger partial charge in [0.1, 0.15) is 9.79 Å². The molecule has 16 heteroatoms. The lowest BCUT2D eigenvalue weighted by atomic mass is 10.1. The average molecular weight is 606 g/mol. The first-order valence-corrected chi connectivity index (χ1v) is 16.5. The van der Waals surface area contributed by atoms with Crippen LogP contribution in [0.1, 0.15) is 0 Å². The van der Waals surface area contributed by atoms with E-state index in [1.54, 1.807) is 6.07 Å². The third-order valence-electron chi connectivity index (χ3n) is 5.51. The molecular weight excluding hydrogens is 579 g/mol. The van der Waals surface area contributed by atoms with Crippen LogP contribution in [0, 0.1) is 0 Å². The van der Waals surface area contributed by atoms with Crippen LogP contribution in [0.3, 0.4) is 0 Å². The molecule has 3 aromatic carbocycles. The molecule has 0 bridgehead atoms. The molecule has 38 heavy (non-hydrogen) atoms. The predicted molar refractivity (Wildman–Crippen MR) is 141 cm³/mol. The molecule has 3 rings (SSSR count). The summed E-state index contributed by atoms with van der Waals surface area (Å²) in [4.78, 5) is -1.92. The van der Waals surface area contributed by atoms with Crippen molar-refractivity contribution < 1.29 is 37.9 Å². The third kappa shape index (κ3) is 5.29. The highest BCUT2D eigenvalue weighted by molar-refractivity contribution is 7.90. The van der Waals surface area contributed by atoms with E-state index < -0.39 is 55.7 Å². The summed E-state index contributed by atoms with van der Waals surface area (Å²) < 4.78 is 113. The molecular formula is C22H27N3O9S4. The van der Waals surface area contributed by atoms with Crippen LogP contribution in [0.2, 0.25) is 0 Å². The van der Waals surface area contributed by atoms with Crippen molar-refractivity contribution in [3.05, 3.63) is 54.6 Å². The Hall–Kier alpha value is -2.60. The molecule has 0 aromatic heterocycles. The third-order valence-corrected chi connectivity index (χ3v) is 12.2. The Bertz CT molecular complexity index is 1820. The smallest absolute Gasteiger partial charge is 0.339 e. The standard InChI is InChI=1S/C22H27N3O9S4/c1-23(2)35(26,27)17-12-13-18-19(14-17)22(34-38(32,33)16-10-8-7-9-11-16)21(37(30,31)25(5)6)15-20(18)36(28,29)24(3)4/h7-15H,1-6H3. The first-order chi connectivity index (χ1) is 17.3.